The van der Waals surface area contributed by atoms with E-state index < -0.39 is 14.4 Å². The fourth-order valence-electron chi connectivity index (χ4n) is 6.45. The molecule has 2 saturated heterocycles. The fourth-order valence-corrected chi connectivity index (χ4v) is 7.81. The van der Waals surface area contributed by atoms with E-state index in [1.54, 1.807) is 6.92 Å². The zero-order chi connectivity index (χ0) is 36.0. The molecular weight excluding hydrogens is 649 g/mol. The van der Waals surface area contributed by atoms with Crippen molar-refractivity contribution in [1.29, 1.82) is 0 Å². The third-order valence-electron chi connectivity index (χ3n) is 10.4. The maximum absolute atomic E-state index is 10.2. The molecule has 1 aliphatic carbocycles. The molecule has 0 radical (unpaired) electrons. The van der Waals surface area contributed by atoms with Crippen LogP contribution in [-0.4, -0.2) is 76.8 Å². The van der Waals surface area contributed by atoms with Crippen molar-refractivity contribution >= 4 is 8.32 Å². The summed E-state index contributed by atoms with van der Waals surface area (Å²) in [5.74, 6) is 7.78. The number of hydrogen-bond donors (Lipinski definition) is 1. The molecule has 8 atom stereocenters. The van der Waals surface area contributed by atoms with Crippen molar-refractivity contribution in [3.8, 4) is 23.3 Å². The van der Waals surface area contributed by atoms with E-state index >= 15 is 0 Å². The largest absolute Gasteiger partial charge is 0.493 e. The highest BCUT2D eigenvalue weighted by Crippen LogP contribution is 2.44. The van der Waals surface area contributed by atoms with Crippen LogP contribution in [0.2, 0.25) is 18.1 Å². The molecule has 282 valence electrons. The van der Waals surface area contributed by atoms with Crippen LogP contribution in [0.5, 0.6) is 11.5 Å². The van der Waals surface area contributed by atoms with E-state index in [0.29, 0.717) is 32.8 Å². The van der Waals surface area contributed by atoms with Crippen molar-refractivity contribution in [2.45, 2.75) is 160 Å². The smallest absolute Gasteiger partial charge is 0.192 e. The Bertz CT molecular complexity index is 1200. The Hall–Kier alpha value is -1.90. The van der Waals surface area contributed by atoms with E-state index in [2.05, 4.69) is 64.8 Å². The van der Waals surface area contributed by atoms with Gasteiger partial charge < -0.3 is 38.0 Å². The summed E-state index contributed by atoms with van der Waals surface area (Å²) in [6, 6.07) is 7.85. The van der Waals surface area contributed by atoms with Gasteiger partial charge in [-0.15, -0.1) is 0 Å². The maximum atomic E-state index is 10.2. The first kappa shape index (κ1) is 40.9. The second-order valence-corrected chi connectivity index (χ2v) is 20.5. The van der Waals surface area contributed by atoms with Gasteiger partial charge in [-0.05, 0) is 82.1 Å². The average Bonchev–Trinajstić information content (AvgIpc) is 3.39. The number of ether oxygens (including phenoxy) is 6. The van der Waals surface area contributed by atoms with Crippen molar-refractivity contribution in [2.75, 3.05) is 26.4 Å². The Morgan fingerprint density at radius 3 is 2.30 bits per heavy atom. The number of unbranched alkanes of at least 4 members (excludes halogenated alkanes) is 3. The van der Waals surface area contributed by atoms with Gasteiger partial charge in [-0.3, -0.25) is 0 Å². The minimum absolute atomic E-state index is 0.0413. The molecule has 3 fully saturated rings. The SMILES string of the molecule is CCCCCCOc1cccc(OCC(C=CC2C(OC3CCCCO3)CC(O[Si](C)(C)C(C)(C)C)C2C#CC(C)O)OC2CCCCO2)c1. The van der Waals surface area contributed by atoms with Crippen molar-refractivity contribution in [1.82, 2.24) is 0 Å². The Kier molecular flexibility index (Phi) is 16.6. The summed E-state index contributed by atoms with van der Waals surface area (Å²) in [4.78, 5) is 0. The summed E-state index contributed by atoms with van der Waals surface area (Å²) in [5, 5.41) is 10.3. The van der Waals surface area contributed by atoms with E-state index in [-0.39, 0.29) is 47.8 Å². The summed E-state index contributed by atoms with van der Waals surface area (Å²) >= 11 is 0. The molecule has 2 aliphatic heterocycles. The highest BCUT2D eigenvalue weighted by molar-refractivity contribution is 6.74. The molecule has 4 rings (SSSR count). The van der Waals surface area contributed by atoms with Gasteiger partial charge in [0.15, 0.2) is 20.9 Å². The van der Waals surface area contributed by atoms with Crippen molar-refractivity contribution in [3.05, 3.63) is 36.4 Å². The summed E-state index contributed by atoms with van der Waals surface area (Å²) in [7, 11) is -2.14. The van der Waals surface area contributed by atoms with E-state index in [1.165, 1.54) is 19.3 Å². The number of benzene rings is 1. The van der Waals surface area contributed by atoms with Gasteiger partial charge in [-0.2, -0.15) is 0 Å². The van der Waals surface area contributed by atoms with E-state index in [4.69, 9.17) is 32.8 Å². The van der Waals surface area contributed by atoms with Crippen molar-refractivity contribution < 1.29 is 38.0 Å². The molecule has 1 N–H and O–H groups in total. The summed E-state index contributed by atoms with van der Waals surface area (Å²) in [5.41, 5.74) is 0. The number of aliphatic hydroxyl groups is 1. The monoisotopic (exact) mass is 714 g/mol. The molecule has 2 heterocycles. The lowest BCUT2D eigenvalue weighted by Gasteiger charge is -2.39. The molecule has 0 amide bonds. The first-order valence-corrected chi connectivity index (χ1v) is 22.3. The van der Waals surface area contributed by atoms with Crippen LogP contribution in [0, 0.1) is 23.7 Å². The predicted molar refractivity (Wildman–Crippen MR) is 201 cm³/mol. The summed E-state index contributed by atoms with van der Waals surface area (Å²) in [6.45, 7) is 17.7. The van der Waals surface area contributed by atoms with E-state index in [1.807, 2.05) is 24.3 Å². The number of aliphatic hydroxyl groups excluding tert-OH is 1. The van der Waals surface area contributed by atoms with Gasteiger partial charge in [0.05, 0.1) is 24.7 Å². The quantitative estimate of drug-likeness (QED) is 0.0742. The number of rotatable bonds is 17. The van der Waals surface area contributed by atoms with Gasteiger partial charge in [0.2, 0.25) is 0 Å². The van der Waals surface area contributed by atoms with Crippen LogP contribution in [0.1, 0.15) is 105 Å². The Morgan fingerprint density at radius 2 is 1.66 bits per heavy atom. The van der Waals surface area contributed by atoms with Crippen molar-refractivity contribution in [2.24, 2.45) is 11.8 Å². The van der Waals surface area contributed by atoms with Gasteiger partial charge in [-0.1, -0.05) is 77.0 Å². The van der Waals surface area contributed by atoms with Crippen LogP contribution < -0.4 is 9.47 Å². The standard InChI is InChI=1S/C41H66O8Si/c1-8-9-10-13-25-43-32-17-16-18-33(28-32)46-30-34(47-39-19-11-14-26-44-39)22-24-35-36(23-21-31(2)42)38(49-50(6,7)41(3,4)5)29-37(35)48-40-20-12-15-27-45-40/h16-18,22,24,28,31,34-40,42H,8-15,19-20,25-27,29-30H2,1-7H3. The average molecular weight is 715 g/mol. The fraction of sp³-hybridized carbons (Fsp3) is 0.756. The van der Waals surface area contributed by atoms with Gasteiger partial charge >= 0.3 is 0 Å². The van der Waals surface area contributed by atoms with E-state index in [9.17, 15) is 5.11 Å². The summed E-state index contributed by atoms with van der Waals surface area (Å²) in [6.07, 6.45) is 13.7. The lowest BCUT2D eigenvalue weighted by molar-refractivity contribution is -0.193. The topological polar surface area (TPSA) is 84.8 Å². The lowest BCUT2D eigenvalue weighted by atomic mass is 9.93. The molecule has 0 spiro atoms. The van der Waals surface area contributed by atoms with Crippen LogP contribution in [0.4, 0.5) is 0 Å². The third kappa shape index (κ3) is 13.3. The Morgan fingerprint density at radius 1 is 0.960 bits per heavy atom. The van der Waals surface area contributed by atoms with Gasteiger partial charge in [0, 0.05) is 31.6 Å². The Balaban J connectivity index is 1.56. The van der Waals surface area contributed by atoms with E-state index in [0.717, 1.165) is 56.4 Å². The molecule has 1 saturated carbocycles. The molecule has 9 heteroatoms. The zero-order valence-corrected chi connectivity index (χ0v) is 33.0. The van der Waals surface area contributed by atoms with Gasteiger partial charge in [0.1, 0.15) is 30.3 Å². The van der Waals surface area contributed by atoms with Gasteiger partial charge in [-0.25, -0.2) is 0 Å². The first-order valence-electron chi connectivity index (χ1n) is 19.4. The molecule has 3 aliphatic rings. The molecule has 8 unspecified atom stereocenters. The molecule has 50 heavy (non-hydrogen) atoms. The minimum Gasteiger partial charge on any atom is -0.493 e. The number of hydrogen-bond acceptors (Lipinski definition) is 8. The Labute approximate surface area is 304 Å². The highest BCUT2D eigenvalue weighted by atomic mass is 28.4. The van der Waals surface area contributed by atoms with Crippen LogP contribution in [0.25, 0.3) is 0 Å². The molecule has 0 aromatic heterocycles. The van der Waals surface area contributed by atoms with Crippen LogP contribution in [0.15, 0.2) is 36.4 Å². The summed E-state index contributed by atoms with van der Waals surface area (Å²) < 4.78 is 44.8. The van der Waals surface area contributed by atoms with Crippen LogP contribution in [-0.2, 0) is 23.4 Å². The molecule has 8 nitrogen and oxygen atoms in total. The molecule has 0 bridgehead atoms. The molecular formula is C41H66O8Si. The lowest BCUT2D eigenvalue weighted by Crippen LogP contribution is -2.45. The minimum atomic E-state index is -2.14. The van der Waals surface area contributed by atoms with Crippen molar-refractivity contribution in [3.63, 3.8) is 0 Å². The second-order valence-electron chi connectivity index (χ2n) is 15.7. The van der Waals surface area contributed by atoms with Crippen LogP contribution >= 0.6 is 0 Å². The third-order valence-corrected chi connectivity index (χ3v) is 14.9. The second kappa shape index (κ2) is 20.4. The normalized spacial score (nSPS) is 27.4. The molecule has 1 aromatic rings. The molecule has 1 aromatic carbocycles. The maximum Gasteiger partial charge on any atom is 0.192 e. The van der Waals surface area contributed by atoms with Crippen LogP contribution in [0.3, 0.4) is 0 Å². The first-order chi connectivity index (χ1) is 23.9. The highest BCUT2D eigenvalue weighted by Gasteiger charge is 2.48. The van der Waals surface area contributed by atoms with Gasteiger partial charge in [0.25, 0.3) is 0 Å². The predicted octanol–water partition coefficient (Wildman–Crippen LogP) is 8.82. The zero-order valence-electron chi connectivity index (χ0n) is 32.0.